The number of methoxy groups -OCH3 is 2. The van der Waals surface area contributed by atoms with Crippen LogP contribution in [0.15, 0.2) is 18.2 Å². The van der Waals surface area contributed by atoms with Crippen LogP contribution in [-0.2, 0) is 25.5 Å². The van der Waals surface area contributed by atoms with E-state index in [-0.39, 0.29) is 0 Å². The number of benzene rings is 1. The van der Waals surface area contributed by atoms with Gasteiger partial charge in [-0.2, -0.15) is 0 Å². The van der Waals surface area contributed by atoms with Gasteiger partial charge in [-0.25, -0.2) is 9.59 Å². The van der Waals surface area contributed by atoms with Gasteiger partial charge in [0.05, 0.1) is 14.2 Å². The van der Waals surface area contributed by atoms with Gasteiger partial charge in [-0.3, -0.25) is 9.69 Å². The molecule has 1 rings (SSSR count). The van der Waals surface area contributed by atoms with Crippen LogP contribution in [0.1, 0.15) is 51.8 Å². The Labute approximate surface area is 172 Å². The molecule has 0 saturated heterocycles. The molecule has 2 amide bonds. The topological polar surface area (TPSA) is 94.2 Å². The highest BCUT2D eigenvalue weighted by Crippen LogP contribution is 2.28. The highest BCUT2D eigenvalue weighted by molar-refractivity contribution is 5.90. The fraction of sp³-hybridized carbons (Fsp3) is 0.571. The van der Waals surface area contributed by atoms with E-state index in [2.05, 4.69) is 10.1 Å². The van der Waals surface area contributed by atoms with Crippen molar-refractivity contribution >= 4 is 18.0 Å². The lowest BCUT2D eigenvalue weighted by Gasteiger charge is -2.31. The van der Waals surface area contributed by atoms with Crippen molar-refractivity contribution in [1.82, 2.24) is 10.2 Å². The van der Waals surface area contributed by atoms with Crippen molar-refractivity contribution in [3.63, 3.8) is 0 Å². The minimum atomic E-state index is -1.01. The van der Waals surface area contributed by atoms with Crippen molar-refractivity contribution in [3.05, 3.63) is 29.3 Å². The second kappa shape index (κ2) is 10.1. The number of nitrogens with one attached hydrogen (secondary N) is 1. The van der Waals surface area contributed by atoms with Gasteiger partial charge in [-0.15, -0.1) is 0 Å². The minimum Gasteiger partial charge on any atom is -0.496 e. The molecule has 0 aliphatic heterocycles. The summed E-state index contributed by atoms with van der Waals surface area (Å²) in [6.45, 7) is 8.72. The summed E-state index contributed by atoms with van der Waals surface area (Å²) in [5.74, 6) is -0.414. The number of carbonyl (C=O) groups excluding carboxylic acids is 3. The fourth-order valence-corrected chi connectivity index (χ4v) is 2.76. The lowest BCUT2D eigenvalue weighted by molar-refractivity contribution is -0.145. The van der Waals surface area contributed by atoms with Crippen LogP contribution in [0.4, 0.5) is 4.79 Å². The molecule has 8 nitrogen and oxygen atoms in total. The van der Waals surface area contributed by atoms with Gasteiger partial charge in [0.15, 0.2) is 0 Å². The number of nitrogens with zero attached hydrogens (tertiary/aromatic N) is 1. The van der Waals surface area contributed by atoms with Gasteiger partial charge in [0.25, 0.3) is 0 Å². The Bertz CT molecular complexity index is 741. The van der Waals surface area contributed by atoms with Gasteiger partial charge in [0.2, 0.25) is 5.91 Å². The van der Waals surface area contributed by atoms with E-state index in [0.29, 0.717) is 17.7 Å². The molecule has 0 heterocycles. The summed E-state index contributed by atoms with van der Waals surface area (Å²) < 4.78 is 15.4. The fourth-order valence-electron chi connectivity index (χ4n) is 2.76. The third kappa shape index (κ3) is 6.66. The molecule has 0 fully saturated rings. The molecule has 1 aromatic carbocycles. The maximum Gasteiger partial charge on any atom is 0.410 e. The Morgan fingerprint density at radius 3 is 2.28 bits per heavy atom. The van der Waals surface area contributed by atoms with Gasteiger partial charge in [0.1, 0.15) is 23.4 Å². The number of esters is 1. The Morgan fingerprint density at radius 1 is 1.17 bits per heavy atom. The van der Waals surface area contributed by atoms with Gasteiger partial charge in [-0.05, 0) is 57.4 Å². The second-order valence-electron chi connectivity index (χ2n) is 7.67. The van der Waals surface area contributed by atoms with Crippen LogP contribution in [0.25, 0.3) is 0 Å². The Balaban J connectivity index is 3.32. The SMILES string of the molecule is CCc1cc(C(C(=O)NC(C)C(=O)OC)N(C)C(=O)OC(C)(C)C)ccc1OC. The molecule has 2 atom stereocenters. The molecule has 0 spiro atoms. The molecule has 0 radical (unpaired) electrons. The van der Waals surface area contributed by atoms with Crippen LogP contribution in [0.3, 0.4) is 0 Å². The number of carbonyl (C=O) groups is 3. The van der Waals surface area contributed by atoms with Crippen molar-refractivity contribution in [2.75, 3.05) is 21.3 Å². The summed E-state index contributed by atoms with van der Waals surface area (Å²) in [6, 6.07) is 3.40. The van der Waals surface area contributed by atoms with Crippen molar-refractivity contribution in [2.45, 2.75) is 58.7 Å². The average Bonchev–Trinajstić information content (AvgIpc) is 2.65. The zero-order valence-corrected chi connectivity index (χ0v) is 18.5. The lowest BCUT2D eigenvalue weighted by Crippen LogP contribution is -2.47. The number of hydrogen-bond acceptors (Lipinski definition) is 6. The van der Waals surface area contributed by atoms with E-state index in [1.807, 2.05) is 13.0 Å². The van der Waals surface area contributed by atoms with E-state index in [1.54, 1.807) is 40.0 Å². The predicted molar refractivity (Wildman–Crippen MR) is 109 cm³/mol. The molecular formula is C21H32N2O6. The van der Waals surface area contributed by atoms with E-state index < -0.39 is 35.7 Å². The second-order valence-corrected chi connectivity index (χ2v) is 7.67. The molecule has 162 valence electrons. The molecule has 29 heavy (non-hydrogen) atoms. The monoisotopic (exact) mass is 408 g/mol. The highest BCUT2D eigenvalue weighted by Gasteiger charge is 2.33. The zero-order chi connectivity index (χ0) is 22.4. The summed E-state index contributed by atoms with van der Waals surface area (Å²) in [7, 11) is 4.30. The van der Waals surface area contributed by atoms with Crippen LogP contribution >= 0.6 is 0 Å². The number of amides is 2. The third-order valence-electron chi connectivity index (χ3n) is 4.23. The van der Waals surface area contributed by atoms with E-state index in [9.17, 15) is 14.4 Å². The summed E-state index contributed by atoms with van der Waals surface area (Å²) in [5.41, 5.74) is 0.743. The standard InChI is InChI=1S/C21H32N2O6/c1-9-14-12-15(10-11-16(14)27-7)17(18(24)22-13(2)19(25)28-8)23(6)20(26)29-21(3,4)5/h10-13,17H,9H2,1-8H3,(H,22,24). The van der Waals surface area contributed by atoms with Gasteiger partial charge < -0.3 is 19.5 Å². The van der Waals surface area contributed by atoms with E-state index >= 15 is 0 Å². The predicted octanol–water partition coefficient (Wildman–Crippen LogP) is 2.84. The van der Waals surface area contributed by atoms with Gasteiger partial charge >= 0.3 is 12.1 Å². The highest BCUT2D eigenvalue weighted by atomic mass is 16.6. The maximum atomic E-state index is 13.0. The quantitative estimate of drug-likeness (QED) is 0.697. The number of aryl methyl sites for hydroxylation is 1. The summed E-state index contributed by atoms with van der Waals surface area (Å²) in [4.78, 5) is 38.6. The van der Waals surface area contributed by atoms with Crippen LogP contribution in [-0.4, -0.2) is 55.8 Å². The summed E-state index contributed by atoms with van der Waals surface area (Å²) in [5, 5.41) is 2.60. The molecule has 0 bridgehead atoms. The molecule has 0 saturated carbocycles. The number of rotatable bonds is 7. The Hall–Kier alpha value is -2.77. The first-order chi connectivity index (χ1) is 13.4. The van der Waals surface area contributed by atoms with E-state index in [1.165, 1.54) is 26.0 Å². The maximum absolute atomic E-state index is 13.0. The first kappa shape index (κ1) is 24.3. The largest absolute Gasteiger partial charge is 0.496 e. The summed E-state index contributed by atoms with van der Waals surface area (Å²) in [6.07, 6.45) is 0.0253. The van der Waals surface area contributed by atoms with Crippen LogP contribution in [0.2, 0.25) is 0 Å². The van der Waals surface area contributed by atoms with Crippen LogP contribution in [0.5, 0.6) is 5.75 Å². The third-order valence-corrected chi connectivity index (χ3v) is 4.23. The van der Waals surface area contributed by atoms with Crippen molar-refractivity contribution in [1.29, 1.82) is 0 Å². The molecular weight excluding hydrogens is 376 g/mol. The first-order valence-corrected chi connectivity index (χ1v) is 9.46. The Morgan fingerprint density at radius 2 is 1.79 bits per heavy atom. The minimum absolute atomic E-state index is 0.525. The van der Waals surface area contributed by atoms with Gasteiger partial charge in [0, 0.05) is 7.05 Å². The molecule has 0 aromatic heterocycles. The van der Waals surface area contributed by atoms with Gasteiger partial charge in [-0.1, -0.05) is 13.0 Å². The molecule has 0 aliphatic carbocycles. The van der Waals surface area contributed by atoms with Crippen molar-refractivity contribution in [3.8, 4) is 5.75 Å². The Kier molecular flexibility index (Phi) is 8.48. The molecule has 8 heteroatoms. The molecule has 1 N–H and O–H groups in total. The van der Waals surface area contributed by atoms with Crippen molar-refractivity contribution < 1.29 is 28.6 Å². The first-order valence-electron chi connectivity index (χ1n) is 9.46. The average molecular weight is 408 g/mol. The summed E-state index contributed by atoms with van der Waals surface area (Å²) >= 11 is 0. The van der Waals surface area contributed by atoms with Crippen molar-refractivity contribution in [2.24, 2.45) is 0 Å². The molecule has 0 aliphatic rings. The lowest BCUT2D eigenvalue weighted by atomic mass is 10.00. The normalized spacial score (nSPS) is 13.1. The zero-order valence-electron chi connectivity index (χ0n) is 18.5. The molecule has 2 unspecified atom stereocenters. The number of ether oxygens (including phenoxy) is 3. The van der Waals surface area contributed by atoms with Crippen LogP contribution < -0.4 is 10.1 Å². The molecule has 1 aromatic rings. The number of likely N-dealkylation sites (N-methyl/N-ethyl adjacent to an activating group) is 1. The smallest absolute Gasteiger partial charge is 0.410 e. The van der Waals surface area contributed by atoms with Crippen LogP contribution in [0, 0.1) is 0 Å². The van der Waals surface area contributed by atoms with E-state index in [4.69, 9.17) is 9.47 Å². The number of hydrogen-bond donors (Lipinski definition) is 1. The van der Waals surface area contributed by atoms with E-state index in [0.717, 1.165) is 5.56 Å².